The molecular weight excluding hydrogens is 214 g/mol. The number of rotatable bonds is 4. The Morgan fingerprint density at radius 1 is 1.47 bits per heavy atom. The van der Waals surface area contributed by atoms with Crippen LogP contribution in [0.3, 0.4) is 0 Å². The maximum atomic E-state index is 5.82. The molecule has 0 radical (unpaired) electrons. The first-order valence-electron chi connectivity index (χ1n) is 5.69. The summed E-state index contributed by atoms with van der Waals surface area (Å²) < 4.78 is 5.13. The Morgan fingerprint density at radius 3 is 2.88 bits per heavy atom. The van der Waals surface area contributed by atoms with Gasteiger partial charge in [0, 0.05) is 0 Å². The summed E-state index contributed by atoms with van der Waals surface area (Å²) in [7, 11) is 1.66. The first-order valence-corrected chi connectivity index (χ1v) is 5.69. The van der Waals surface area contributed by atoms with E-state index in [2.05, 4.69) is 18.7 Å². The molecular formula is C14H17NO2. The molecule has 0 spiro atoms. The van der Waals surface area contributed by atoms with Gasteiger partial charge in [0.1, 0.15) is 11.9 Å². The van der Waals surface area contributed by atoms with Crippen LogP contribution in [-0.2, 0) is 4.84 Å². The van der Waals surface area contributed by atoms with Crippen molar-refractivity contribution in [1.29, 1.82) is 0 Å². The summed E-state index contributed by atoms with van der Waals surface area (Å²) in [6, 6.07) is 7.84. The van der Waals surface area contributed by atoms with Crippen molar-refractivity contribution in [1.82, 2.24) is 0 Å². The van der Waals surface area contributed by atoms with Crippen LogP contribution in [0, 0.1) is 0 Å². The van der Waals surface area contributed by atoms with Crippen LogP contribution in [0.2, 0.25) is 0 Å². The zero-order chi connectivity index (χ0) is 12.1. The number of hydrogen-bond acceptors (Lipinski definition) is 3. The number of anilines is 1. The summed E-state index contributed by atoms with van der Waals surface area (Å²) in [5.41, 5.74) is 1.03. The van der Waals surface area contributed by atoms with Crippen molar-refractivity contribution in [3.63, 3.8) is 0 Å². The highest BCUT2D eigenvalue weighted by Gasteiger charge is 2.15. The van der Waals surface area contributed by atoms with E-state index in [0.717, 1.165) is 24.4 Å². The van der Waals surface area contributed by atoms with E-state index >= 15 is 0 Å². The second-order valence-corrected chi connectivity index (χ2v) is 3.86. The number of nitrogens with zero attached hydrogens (tertiary/aromatic N) is 1. The van der Waals surface area contributed by atoms with Crippen LogP contribution in [0.5, 0.6) is 5.75 Å². The molecule has 3 nitrogen and oxygen atoms in total. The minimum atomic E-state index is 0.0864. The average molecular weight is 231 g/mol. The Labute approximate surface area is 102 Å². The molecule has 1 heterocycles. The van der Waals surface area contributed by atoms with Crippen LogP contribution in [0.25, 0.3) is 0 Å². The van der Waals surface area contributed by atoms with E-state index in [9.17, 15) is 0 Å². The fraction of sp³-hybridized carbons (Fsp3) is 0.286. The molecule has 0 bridgehead atoms. The van der Waals surface area contributed by atoms with E-state index < -0.39 is 0 Å². The molecule has 1 aliphatic heterocycles. The van der Waals surface area contributed by atoms with Crippen LogP contribution in [0.15, 0.2) is 49.1 Å². The minimum absolute atomic E-state index is 0.0864. The molecule has 1 aromatic carbocycles. The second kappa shape index (κ2) is 5.55. The van der Waals surface area contributed by atoms with Crippen molar-refractivity contribution < 1.29 is 9.57 Å². The van der Waals surface area contributed by atoms with Crippen molar-refractivity contribution in [2.45, 2.75) is 12.5 Å². The Balaban J connectivity index is 2.06. The molecule has 0 saturated heterocycles. The predicted octanol–water partition coefficient (Wildman–Crippen LogP) is 2.95. The van der Waals surface area contributed by atoms with Gasteiger partial charge in [0.05, 0.1) is 19.3 Å². The van der Waals surface area contributed by atoms with Crippen molar-refractivity contribution in [3.8, 4) is 5.75 Å². The van der Waals surface area contributed by atoms with Gasteiger partial charge in [0.2, 0.25) is 0 Å². The van der Waals surface area contributed by atoms with Gasteiger partial charge in [-0.25, -0.2) is 5.06 Å². The van der Waals surface area contributed by atoms with Crippen molar-refractivity contribution >= 4 is 5.69 Å². The Bertz CT molecular complexity index is 397. The maximum absolute atomic E-state index is 5.82. The zero-order valence-electron chi connectivity index (χ0n) is 10.0. The quantitative estimate of drug-likeness (QED) is 0.744. The molecule has 3 heteroatoms. The summed E-state index contributed by atoms with van der Waals surface area (Å²) in [5.74, 6) is 0.851. The molecule has 2 rings (SSSR count). The summed E-state index contributed by atoms with van der Waals surface area (Å²) >= 11 is 0. The third-order valence-electron chi connectivity index (χ3n) is 2.64. The number of methoxy groups -OCH3 is 1. The number of hydroxylamine groups is 1. The molecule has 0 unspecified atom stereocenters. The lowest BCUT2D eigenvalue weighted by Crippen LogP contribution is -2.32. The SMILES string of the molecule is C=CC[C@@H]1C=CCN(c2ccc(OC)cc2)O1. The molecule has 0 saturated carbocycles. The van der Waals surface area contributed by atoms with Gasteiger partial charge >= 0.3 is 0 Å². The average Bonchev–Trinajstić information content (AvgIpc) is 2.40. The maximum Gasteiger partial charge on any atom is 0.119 e. The monoisotopic (exact) mass is 231 g/mol. The van der Waals surface area contributed by atoms with Crippen molar-refractivity contribution in [3.05, 3.63) is 49.1 Å². The number of benzene rings is 1. The molecule has 0 N–H and O–H groups in total. The van der Waals surface area contributed by atoms with E-state index in [1.807, 2.05) is 35.4 Å². The minimum Gasteiger partial charge on any atom is -0.497 e. The van der Waals surface area contributed by atoms with Crippen LogP contribution < -0.4 is 9.80 Å². The summed E-state index contributed by atoms with van der Waals surface area (Å²) in [6.07, 6.45) is 6.96. The van der Waals surface area contributed by atoms with Gasteiger partial charge in [0.15, 0.2) is 0 Å². The van der Waals surface area contributed by atoms with Gasteiger partial charge in [-0.2, -0.15) is 0 Å². The molecule has 0 amide bonds. The van der Waals surface area contributed by atoms with E-state index in [1.165, 1.54) is 0 Å². The van der Waals surface area contributed by atoms with E-state index in [4.69, 9.17) is 9.57 Å². The first kappa shape index (κ1) is 11.7. The van der Waals surface area contributed by atoms with Gasteiger partial charge in [-0.15, -0.1) is 6.58 Å². The topological polar surface area (TPSA) is 21.7 Å². The Kier molecular flexibility index (Phi) is 3.83. The summed E-state index contributed by atoms with van der Waals surface area (Å²) in [5, 5.41) is 1.88. The third kappa shape index (κ3) is 2.88. The largest absolute Gasteiger partial charge is 0.497 e. The molecule has 1 aromatic rings. The fourth-order valence-electron chi connectivity index (χ4n) is 1.75. The molecule has 1 aliphatic rings. The Hall–Kier alpha value is -1.74. The molecule has 0 aromatic heterocycles. The smallest absolute Gasteiger partial charge is 0.119 e. The zero-order valence-corrected chi connectivity index (χ0v) is 10.0. The highest BCUT2D eigenvalue weighted by molar-refractivity contribution is 5.48. The normalized spacial score (nSPS) is 19.1. The number of ether oxygens (including phenoxy) is 1. The molecule has 1 atom stereocenters. The van der Waals surface area contributed by atoms with Gasteiger partial charge in [-0.05, 0) is 30.7 Å². The van der Waals surface area contributed by atoms with Crippen LogP contribution in [0.1, 0.15) is 6.42 Å². The lowest BCUT2D eigenvalue weighted by Gasteiger charge is -2.29. The van der Waals surface area contributed by atoms with E-state index in [0.29, 0.717) is 0 Å². The standard InChI is InChI=1S/C14H17NO2/c1-3-5-14-6-4-11-15(17-14)12-7-9-13(16-2)10-8-12/h3-4,6-10,14H,1,5,11H2,2H3/t14-/m1/s1. The first-order chi connectivity index (χ1) is 8.33. The fourth-order valence-corrected chi connectivity index (χ4v) is 1.75. The number of hydrogen-bond donors (Lipinski definition) is 0. The van der Waals surface area contributed by atoms with Crippen LogP contribution >= 0.6 is 0 Å². The van der Waals surface area contributed by atoms with Gasteiger partial charge in [0.25, 0.3) is 0 Å². The molecule has 0 aliphatic carbocycles. The highest BCUT2D eigenvalue weighted by atomic mass is 16.7. The Morgan fingerprint density at radius 2 is 2.24 bits per heavy atom. The van der Waals surface area contributed by atoms with Crippen LogP contribution in [0.4, 0.5) is 5.69 Å². The second-order valence-electron chi connectivity index (χ2n) is 3.86. The van der Waals surface area contributed by atoms with Gasteiger partial charge < -0.3 is 4.74 Å². The van der Waals surface area contributed by atoms with Crippen molar-refractivity contribution in [2.24, 2.45) is 0 Å². The lowest BCUT2D eigenvalue weighted by molar-refractivity contribution is 0.0609. The van der Waals surface area contributed by atoms with E-state index in [1.54, 1.807) is 7.11 Å². The molecule has 0 fully saturated rings. The lowest BCUT2D eigenvalue weighted by atomic mass is 10.2. The van der Waals surface area contributed by atoms with E-state index in [-0.39, 0.29) is 6.10 Å². The predicted molar refractivity (Wildman–Crippen MR) is 69.2 cm³/mol. The van der Waals surface area contributed by atoms with Gasteiger partial charge in [-0.3, -0.25) is 4.84 Å². The van der Waals surface area contributed by atoms with Crippen LogP contribution in [-0.4, -0.2) is 19.8 Å². The summed E-state index contributed by atoms with van der Waals surface area (Å²) in [6.45, 7) is 4.49. The highest BCUT2D eigenvalue weighted by Crippen LogP contribution is 2.22. The molecule has 90 valence electrons. The van der Waals surface area contributed by atoms with Gasteiger partial charge in [-0.1, -0.05) is 18.2 Å². The molecule has 17 heavy (non-hydrogen) atoms. The van der Waals surface area contributed by atoms with Crippen molar-refractivity contribution in [2.75, 3.05) is 18.7 Å². The summed E-state index contributed by atoms with van der Waals surface area (Å²) in [4.78, 5) is 5.82. The third-order valence-corrected chi connectivity index (χ3v) is 2.64.